The van der Waals surface area contributed by atoms with Crippen LogP contribution >= 0.6 is 0 Å². The summed E-state index contributed by atoms with van der Waals surface area (Å²) in [6, 6.07) is 5.50. The summed E-state index contributed by atoms with van der Waals surface area (Å²) in [6.07, 6.45) is 3.81. The lowest BCUT2D eigenvalue weighted by atomic mass is 10.2. The predicted molar refractivity (Wildman–Crippen MR) is 67.8 cm³/mol. The Morgan fingerprint density at radius 2 is 2.22 bits per heavy atom. The van der Waals surface area contributed by atoms with Crippen LogP contribution < -0.4 is 10.2 Å². The SMILES string of the molecule is CNC(=O)C(C#N)=Cc1ccc(N2CCCC2)o1. The van der Waals surface area contributed by atoms with Gasteiger partial charge in [-0.15, -0.1) is 0 Å². The molecule has 2 heterocycles. The highest BCUT2D eigenvalue weighted by atomic mass is 16.4. The summed E-state index contributed by atoms with van der Waals surface area (Å²) in [5, 5.41) is 11.3. The van der Waals surface area contributed by atoms with Crippen molar-refractivity contribution in [1.29, 1.82) is 5.26 Å². The quantitative estimate of drug-likeness (QED) is 0.647. The van der Waals surface area contributed by atoms with E-state index in [4.69, 9.17) is 9.68 Å². The fraction of sp³-hybridized carbons (Fsp3) is 0.385. The number of nitrogens with zero attached hydrogens (tertiary/aromatic N) is 2. The van der Waals surface area contributed by atoms with Gasteiger partial charge in [0.25, 0.3) is 5.91 Å². The van der Waals surface area contributed by atoms with Gasteiger partial charge < -0.3 is 14.6 Å². The number of furan rings is 1. The van der Waals surface area contributed by atoms with Gasteiger partial charge in [0, 0.05) is 32.3 Å². The van der Waals surface area contributed by atoms with Crippen molar-refractivity contribution in [1.82, 2.24) is 5.32 Å². The maximum absolute atomic E-state index is 11.4. The number of likely N-dealkylation sites (N-methyl/N-ethyl adjacent to an activating group) is 1. The number of rotatable bonds is 3. The highest BCUT2D eigenvalue weighted by Crippen LogP contribution is 2.23. The van der Waals surface area contributed by atoms with Crippen molar-refractivity contribution < 1.29 is 9.21 Å². The van der Waals surface area contributed by atoms with E-state index in [0.717, 1.165) is 19.0 Å². The first-order chi connectivity index (χ1) is 8.74. The molecule has 0 atom stereocenters. The number of hydrogen-bond donors (Lipinski definition) is 1. The Balaban J connectivity index is 2.17. The fourth-order valence-electron chi connectivity index (χ4n) is 1.95. The second-order valence-corrected chi connectivity index (χ2v) is 4.12. The average Bonchev–Trinajstić information content (AvgIpc) is 3.05. The minimum atomic E-state index is -0.406. The normalized spacial score (nSPS) is 15.6. The van der Waals surface area contributed by atoms with Gasteiger partial charge in [-0.3, -0.25) is 4.79 Å². The molecule has 1 aromatic rings. The Hall–Kier alpha value is -2.22. The number of nitriles is 1. The van der Waals surface area contributed by atoms with Crippen LogP contribution in [-0.4, -0.2) is 26.0 Å². The monoisotopic (exact) mass is 245 g/mol. The third kappa shape index (κ3) is 2.54. The van der Waals surface area contributed by atoms with Crippen molar-refractivity contribution in [3.05, 3.63) is 23.5 Å². The van der Waals surface area contributed by atoms with E-state index in [1.54, 1.807) is 6.07 Å². The largest absolute Gasteiger partial charge is 0.441 e. The molecule has 0 aliphatic carbocycles. The lowest BCUT2D eigenvalue weighted by molar-refractivity contribution is -0.116. The molecule has 1 fully saturated rings. The van der Waals surface area contributed by atoms with E-state index in [1.165, 1.54) is 26.0 Å². The maximum atomic E-state index is 11.4. The zero-order chi connectivity index (χ0) is 13.0. The second kappa shape index (κ2) is 5.41. The van der Waals surface area contributed by atoms with Crippen LogP contribution in [0, 0.1) is 11.3 Å². The summed E-state index contributed by atoms with van der Waals surface area (Å²) in [6.45, 7) is 1.99. The molecule has 18 heavy (non-hydrogen) atoms. The molecule has 5 nitrogen and oxygen atoms in total. The zero-order valence-electron chi connectivity index (χ0n) is 10.3. The third-order valence-corrected chi connectivity index (χ3v) is 2.91. The maximum Gasteiger partial charge on any atom is 0.261 e. The smallest absolute Gasteiger partial charge is 0.261 e. The van der Waals surface area contributed by atoms with E-state index in [2.05, 4.69) is 10.2 Å². The molecule has 0 bridgehead atoms. The van der Waals surface area contributed by atoms with Crippen LogP contribution in [0.3, 0.4) is 0 Å². The first-order valence-electron chi connectivity index (χ1n) is 5.93. The van der Waals surface area contributed by atoms with Gasteiger partial charge in [-0.1, -0.05) is 0 Å². The Morgan fingerprint density at radius 1 is 1.50 bits per heavy atom. The standard InChI is InChI=1S/C13H15N3O2/c1-15-13(17)10(9-14)8-11-4-5-12(18-11)16-6-2-3-7-16/h4-5,8H,2-3,6-7H2,1H3,(H,15,17). The molecular weight excluding hydrogens is 230 g/mol. The number of nitrogens with one attached hydrogen (secondary N) is 1. The van der Waals surface area contributed by atoms with Crippen molar-refractivity contribution in [2.24, 2.45) is 0 Å². The van der Waals surface area contributed by atoms with Crippen molar-refractivity contribution in [2.75, 3.05) is 25.0 Å². The van der Waals surface area contributed by atoms with Crippen LogP contribution in [-0.2, 0) is 4.79 Å². The van der Waals surface area contributed by atoms with E-state index in [0.29, 0.717) is 5.76 Å². The van der Waals surface area contributed by atoms with Gasteiger partial charge >= 0.3 is 0 Å². The lowest BCUT2D eigenvalue weighted by Gasteiger charge is -2.12. The molecule has 1 aliphatic heterocycles. The molecule has 1 aromatic heterocycles. The van der Waals surface area contributed by atoms with Crippen molar-refractivity contribution >= 4 is 17.9 Å². The Bertz CT molecular complexity index is 505. The van der Waals surface area contributed by atoms with Crippen molar-refractivity contribution in [3.8, 4) is 6.07 Å². The number of amides is 1. The molecule has 1 aliphatic rings. The van der Waals surface area contributed by atoms with E-state index in [-0.39, 0.29) is 5.57 Å². The molecule has 0 radical (unpaired) electrons. The van der Waals surface area contributed by atoms with Crippen LogP contribution in [0.2, 0.25) is 0 Å². The molecule has 1 saturated heterocycles. The van der Waals surface area contributed by atoms with Crippen LogP contribution in [0.25, 0.3) is 6.08 Å². The molecule has 1 amide bonds. The zero-order valence-corrected chi connectivity index (χ0v) is 10.3. The van der Waals surface area contributed by atoms with Crippen molar-refractivity contribution in [3.63, 3.8) is 0 Å². The minimum Gasteiger partial charge on any atom is -0.441 e. The number of hydrogen-bond acceptors (Lipinski definition) is 4. The van der Waals surface area contributed by atoms with Gasteiger partial charge in [0.05, 0.1) is 0 Å². The summed E-state index contributed by atoms with van der Waals surface area (Å²) in [5.74, 6) is 0.918. The first-order valence-corrected chi connectivity index (χ1v) is 5.93. The molecule has 94 valence electrons. The highest BCUT2D eigenvalue weighted by Gasteiger charge is 2.15. The number of carbonyl (C=O) groups is 1. The van der Waals surface area contributed by atoms with Gasteiger partial charge in [0.1, 0.15) is 17.4 Å². The van der Waals surface area contributed by atoms with Gasteiger partial charge in [0.15, 0.2) is 5.88 Å². The Morgan fingerprint density at radius 3 is 2.83 bits per heavy atom. The summed E-state index contributed by atoms with van der Waals surface area (Å²) in [7, 11) is 1.49. The van der Waals surface area contributed by atoms with Crippen LogP contribution in [0.1, 0.15) is 18.6 Å². The number of carbonyl (C=O) groups excluding carboxylic acids is 1. The molecule has 0 saturated carbocycles. The molecule has 1 N–H and O–H groups in total. The van der Waals surface area contributed by atoms with E-state index in [1.807, 2.05) is 12.1 Å². The van der Waals surface area contributed by atoms with E-state index < -0.39 is 5.91 Å². The Labute approximate surface area is 106 Å². The summed E-state index contributed by atoms with van der Waals surface area (Å²) in [4.78, 5) is 13.5. The van der Waals surface area contributed by atoms with Gasteiger partial charge in [0.2, 0.25) is 0 Å². The summed E-state index contributed by atoms with van der Waals surface area (Å²) < 4.78 is 5.61. The predicted octanol–water partition coefficient (Wildman–Crippen LogP) is 1.53. The molecular formula is C13H15N3O2. The Kier molecular flexibility index (Phi) is 3.68. The van der Waals surface area contributed by atoms with Crippen LogP contribution in [0.15, 0.2) is 22.1 Å². The number of anilines is 1. The lowest BCUT2D eigenvalue weighted by Crippen LogP contribution is -2.19. The first kappa shape index (κ1) is 12.2. The van der Waals surface area contributed by atoms with E-state index >= 15 is 0 Å². The molecule has 2 rings (SSSR count). The van der Waals surface area contributed by atoms with Gasteiger partial charge in [-0.2, -0.15) is 5.26 Å². The summed E-state index contributed by atoms with van der Waals surface area (Å²) in [5.41, 5.74) is 0.0415. The topological polar surface area (TPSA) is 69.3 Å². The van der Waals surface area contributed by atoms with Crippen LogP contribution in [0.5, 0.6) is 0 Å². The molecule has 0 spiro atoms. The second-order valence-electron chi connectivity index (χ2n) is 4.12. The molecule has 0 unspecified atom stereocenters. The molecule has 0 aromatic carbocycles. The van der Waals surface area contributed by atoms with Gasteiger partial charge in [-0.05, 0) is 18.9 Å². The molecule has 5 heteroatoms. The fourth-order valence-corrected chi connectivity index (χ4v) is 1.95. The van der Waals surface area contributed by atoms with Gasteiger partial charge in [-0.25, -0.2) is 0 Å². The third-order valence-electron chi connectivity index (χ3n) is 2.91. The average molecular weight is 245 g/mol. The minimum absolute atomic E-state index is 0.0415. The summed E-state index contributed by atoms with van der Waals surface area (Å²) >= 11 is 0. The van der Waals surface area contributed by atoms with Crippen molar-refractivity contribution in [2.45, 2.75) is 12.8 Å². The van der Waals surface area contributed by atoms with E-state index in [9.17, 15) is 4.79 Å². The highest BCUT2D eigenvalue weighted by molar-refractivity contribution is 6.01. The van der Waals surface area contributed by atoms with Crippen LogP contribution in [0.4, 0.5) is 5.88 Å².